The Labute approximate surface area is 147 Å². The second-order valence-electron chi connectivity index (χ2n) is 6.29. The molecule has 0 amide bonds. The predicted molar refractivity (Wildman–Crippen MR) is 86.0 cm³/mol. The summed E-state index contributed by atoms with van der Waals surface area (Å²) in [7, 11) is 0. The normalized spacial score (nSPS) is 19.2. The number of alkyl halides is 3. The molecule has 0 spiro atoms. The zero-order valence-corrected chi connectivity index (χ0v) is 13.8. The fraction of sp³-hybridized carbons (Fsp3) is 0.471. The number of benzene rings is 1. The van der Waals surface area contributed by atoms with Crippen LogP contribution in [0.3, 0.4) is 0 Å². The van der Waals surface area contributed by atoms with Crippen molar-refractivity contribution in [1.82, 2.24) is 9.78 Å². The Balaban J connectivity index is 1.98. The summed E-state index contributed by atoms with van der Waals surface area (Å²) >= 11 is 0. The van der Waals surface area contributed by atoms with Gasteiger partial charge in [-0.3, -0.25) is 0 Å². The van der Waals surface area contributed by atoms with E-state index in [2.05, 4.69) is 5.10 Å². The maximum Gasteiger partial charge on any atom is 0.416 e. The van der Waals surface area contributed by atoms with Crippen LogP contribution in [-0.4, -0.2) is 39.2 Å². The zero-order valence-electron chi connectivity index (χ0n) is 13.8. The summed E-state index contributed by atoms with van der Waals surface area (Å²) in [5.41, 5.74) is -0.956. The van der Waals surface area contributed by atoms with Crippen molar-refractivity contribution in [3.8, 4) is 0 Å². The third-order valence-electron chi connectivity index (χ3n) is 4.51. The molecular formula is C17H19F4N3O2. The van der Waals surface area contributed by atoms with Gasteiger partial charge in [-0.15, -0.1) is 0 Å². The molecule has 2 aromatic rings. The Morgan fingerprint density at radius 1 is 1.27 bits per heavy atom. The van der Waals surface area contributed by atoms with E-state index in [4.69, 9.17) is 5.11 Å². The lowest BCUT2D eigenvalue weighted by Gasteiger charge is -2.29. The molecule has 1 fully saturated rings. The fourth-order valence-electron chi connectivity index (χ4n) is 3.40. The van der Waals surface area contributed by atoms with Crippen molar-refractivity contribution in [2.45, 2.75) is 37.7 Å². The minimum absolute atomic E-state index is 0.0112. The topological polar surface area (TPSA) is 61.5 Å². The van der Waals surface area contributed by atoms with Gasteiger partial charge in [-0.2, -0.15) is 18.3 Å². The molecule has 1 aliphatic heterocycles. The summed E-state index contributed by atoms with van der Waals surface area (Å²) in [6, 6.07) is 3.51. The van der Waals surface area contributed by atoms with Gasteiger partial charge in [0.2, 0.25) is 0 Å². The van der Waals surface area contributed by atoms with Crippen LogP contribution in [0.2, 0.25) is 0 Å². The number of hydrogen-bond donors (Lipinski definition) is 2. The summed E-state index contributed by atoms with van der Waals surface area (Å²) in [5, 5.41) is 22.7. The van der Waals surface area contributed by atoms with Crippen LogP contribution in [0.5, 0.6) is 0 Å². The summed E-state index contributed by atoms with van der Waals surface area (Å²) in [4.78, 5) is 1.74. The second kappa shape index (κ2) is 7.24. The van der Waals surface area contributed by atoms with Crippen LogP contribution >= 0.6 is 0 Å². The lowest BCUT2D eigenvalue weighted by atomic mass is 9.97. The quantitative estimate of drug-likeness (QED) is 0.792. The molecule has 26 heavy (non-hydrogen) atoms. The first kappa shape index (κ1) is 18.7. The number of rotatable bonds is 5. The minimum atomic E-state index is -4.58. The molecule has 2 heterocycles. The van der Waals surface area contributed by atoms with Crippen molar-refractivity contribution >= 4 is 5.82 Å². The maximum atomic E-state index is 13.7. The van der Waals surface area contributed by atoms with E-state index >= 15 is 0 Å². The second-order valence-corrected chi connectivity index (χ2v) is 6.29. The molecule has 0 saturated carbocycles. The standard InChI is InChI=1S/C17H19F4N3O2/c18-11-3-4-14(17(19,20)21)13(8-11)15-2-1-7-23(15)16-5-6-22-24(16)9-12(26)10-25/h3-6,8,12,15,25-26H,1-2,7,9-10H2/t12-,15-/m1/s1. The van der Waals surface area contributed by atoms with Crippen LogP contribution in [-0.2, 0) is 12.7 Å². The number of aliphatic hydroxyl groups excluding tert-OH is 2. The third kappa shape index (κ3) is 3.68. The molecule has 1 aromatic heterocycles. The highest BCUT2D eigenvalue weighted by Gasteiger charge is 2.39. The number of aromatic nitrogens is 2. The molecule has 1 aliphatic rings. The number of aliphatic hydroxyl groups is 2. The highest BCUT2D eigenvalue weighted by atomic mass is 19.4. The van der Waals surface area contributed by atoms with Crippen molar-refractivity contribution < 1.29 is 27.8 Å². The summed E-state index contributed by atoms with van der Waals surface area (Å²) in [6.07, 6.45) is -3.04. The Bertz CT molecular complexity index is 763. The predicted octanol–water partition coefficient (Wildman–Crippen LogP) is 2.74. The van der Waals surface area contributed by atoms with E-state index in [9.17, 15) is 22.7 Å². The van der Waals surface area contributed by atoms with E-state index in [0.29, 0.717) is 25.2 Å². The molecule has 2 N–H and O–H groups in total. The van der Waals surface area contributed by atoms with Crippen LogP contribution in [0.4, 0.5) is 23.4 Å². The highest BCUT2D eigenvalue weighted by Crippen LogP contribution is 2.42. The Hall–Kier alpha value is -2.13. The SMILES string of the molecule is OC[C@H](O)Cn1nccc1N1CCC[C@@H]1c1cc(F)ccc1C(F)(F)F. The molecule has 0 radical (unpaired) electrons. The molecule has 142 valence electrons. The van der Waals surface area contributed by atoms with Crippen molar-refractivity contribution in [2.24, 2.45) is 0 Å². The van der Waals surface area contributed by atoms with Crippen molar-refractivity contribution in [3.05, 3.63) is 47.4 Å². The van der Waals surface area contributed by atoms with Gasteiger partial charge in [0.15, 0.2) is 0 Å². The lowest BCUT2D eigenvalue weighted by molar-refractivity contribution is -0.138. The molecule has 0 aliphatic carbocycles. The van der Waals surface area contributed by atoms with E-state index in [1.165, 1.54) is 10.9 Å². The first-order chi connectivity index (χ1) is 12.3. The van der Waals surface area contributed by atoms with Crippen LogP contribution in [0.1, 0.15) is 30.0 Å². The zero-order chi connectivity index (χ0) is 18.9. The van der Waals surface area contributed by atoms with Gasteiger partial charge in [0.25, 0.3) is 0 Å². The van der Waals surface area contributed by atoms with Gasteiger partial charge in [-0.05, 0) is 36.6 Å². The number of anilines is 1. The Morgan fingerprint density at radius 2 is 2.04 bits per heavy atom. The van der Waals surface area contributed by atoms with Crippen molar-refractivity contribution in [1.29, 1.82) is 0 Å². The van der Waals surface area contributed by atoms with E-state index < -0.39 is 36.3 Å². The van der Waals surface area contributed by atoms with Crippen LogP contribution in [0, 0.1) is 5.82 Å². The fourth-order valence-corrected chi connectivity index (χ4v) is 3.40. The maximum absolute atomic E-state index is 13.7. The van der Waals surface area contributed by atoms with E-state index in [0.717, 1.165) is 18.2 Å². The van der Waals surface area contributed by atoms with Crippen molar-refractivity contribution in [2.75, 3.05) is 18.1 Å². The molecular weight excluding hydrogens is 354 g/mol. The van der Waals surface area contributed by atoms with Gasteiger partial charge in [-0.1, -0.05) is 0 Å². The van der Waals surface area contributed by atoms with Gasteiger partial charge in [-0.25, -0.2) is 9.07 Å². The summed E-state index contributed by atoms with van der Waals surface area (Å²) in [6.45, 7) is 0.0432. The smallest absolute Gasteiger partial charge is 0.394 e. The van der Waals surface area contributed by atoms with Crippen LogP contribution < -0.4 is 4.90 Å². The lowest BCUT2D eigenvalue weighted by Crippen LogP contribution is -2.29. The average molecular weight is 373 g/mol. The van der Waals surface area contributed by atoms with E-state index in [-0.39, 0.29) is 12.1 Å². The molecule has 1 saturated heterocycles. The number of hydrogen-bond acceptors (Lipinski definition) is 4. The number of halogens is 4. The third-order valence-corrected chi connectivity index (χ3v) is 4.51. The molecule has 1 aromatic carbocycles. The Kier molecular flexibility index (Phi) is 5.19. The average Bonchev–Trinajstić information content (AvgIpc) is 3.21. The highest BCUT2D eigenvalue weighted by molar-refractivity contribution is 5.46. The largest absolute Gasteiger partial charge is 0.416 e. The summed E-state index contributed by atoms with van der Waals surface area (Å²) < 4.78 is 55.3. The van der Waals surface area contributed by atoms with Gasteiger partial charge in [0.1, 0.15) is 11.6 Å². The molecule has 2 atom stereocenters. The molecule has 0 bridgehead atoms. The molecule has 9 heteroatoms. The van der Waals surface area contributed by atoms with Gasteiger partial charge >= 0.3 is 6.18 Å². The van der Waals surface area contributed by atoms with E-state index in [1.54, 1.807) is 11.0 Å². The van der Waals surface area contributed by atoms with Gasteiger partial charge in [0, 0.05) is 12.6 Å². The van der Waals surface area contributed by atoms with Gasteiger partial charge < -0.3 is 15.1 Å². The monoisotopic (exact) mass is 373 g/mol. The molecule has 3 rings (SSSR count). The van der Waals surface area contributed by atoms with E-state index in [1.807, 2.05) is 0 Å². The summed E-state index contributed by atoms with van der Waals surface area (Å²) in [5.74, 6) is -0.193. The minimum Gasteiger partial charge on any atom is -0.394 e. The molecule has 5 nitrogen and oxygen atoms in total. The van der Waals surface area contributed by atoms with Crippen molar-refractivity contribution in [3.63, 3.8) is 0 Å². The Morgan fingerprint density at radius 3 is 2.73 bits per heavy atom. The first-order valence-corrected chi connectivity index (χ1v) is 8.25. The van der Waals surface area contributed by atoms with Crippen LogP contribution in [0.15, 0.2) is 30.5 Å². The van der Waals surface area contributed by atoms with Crippen LogP contribution in [0.25, 0.3) is 0 Å². The first-order valence-electron chi connectivity index (χ1n) is 8.25. The number of nitrogens with zero attached hydrogens (tertiary/aromatic N) is 3. The molecule has 0 unspecified atom stereocenters. The van der Waals surface area contributed by atoms with Gasteiger partial charge in [0.05, 0.1) is 37.1 Å².